The fourth-order valence-corrected chi connectivity index (χ4v) is 2.80. The Kier molecular flexibility index (Phi) is 8.06. The van der Waals surface area contributed by atoms with Gasteiger partial charge in [-0.2, -0.15) is 0 Å². The van der Waals surface area contributed by atoms with Gasteiger partial charge in [0.15, 0.2) is 0 Å². The number of hydrogen-bond acceptors (Lipinski definition) is 4. The zero-order valence-electron chi connectivity index (χ0n) is 16.3. The average molecular weight is 392 g/mol. The first-order chi connectivity index (χ1) is 13.4. The summed E-state index contributed by atoms with van der Waals surface area (Å²) in [5, 5.41) is 11.9. The highest BCUT2D eigenvalue weighted by Crippen LogP contribution is 2.05. The van der Waals surface area contributed by atoms with Crippen LogP contribution in [0.25, 0.3) is 0 Å². The van der Waals surface area contributed by atoms with Crippen LogP contribution >= 0.6 is 0 Å². The number of benzene rings is 1. The average Bonchev–Trinajstić information content (AvgIpc) is 2.71. The van der Waals surface area contributed by atoms with Gasteiger partial charge >= 0.3 is 18.0 Å². The molecule has 0 aromatic heterocycles. The van der Waals surface area contributed by atoms with Gasteiger partial charge in [0.25, 0.3) is 0 Å². The van der Waals surface area contributed by atoms with E-state index in [1.807, 2.05) is 30.3 Å². The molecule has 9 heteroatoms. The zero-order chi connectivity index (χ0) is 20.5. The second-order valence-corrected chi connectivity index (χ2v) is 6.76. The number of carbonyl (C=O) groups is 3. The molecule has 154 valence electrons. The lowest BCUT2D eigenvalue weighted by atomic mass is 10.1. The molecule has 1 heterocycles. The van der Waals surface area contributed by atoms with Crippen molar-refractivity contribution in [2.75, 3.05) is 53.5 Å². The minimum Gasteiger partial charge on any atom is -0.480 e. The molecule has 1 aromatic carbocycles. The maximum Gasteiger partial charge on any atom is 0.326 e. The largest absolute Gasteiger partial charge is 0.480 e. The first-order valence-corrected chi connectivity index (χ1v) is 9.24. The number of amides is 4. The van der Waals surface area contributed by atoms with E-state index in [-0.39, 0.29) is 19.0 Å². The molecule has 9 nitrogen and oxygen atoms in total. The molecule has 0 unspecified atom stereocenters. The molecule has 28 heavy (non-hydrogen) atoms. The van der Waals surface area contributed by atoms with E-state index in [1.54, 1.807) is 23.9 Å². The van der Waals surface area contributed by atoms with Crippen molar-refractivity contribution in [3.8, 4) is 0 Å². The molecule has 1 aliphatic heterocycles. The number of likely N-dealkylation sites (N-methyl/N-ethyl adjacent to an activating group) is 2. The summed E-state index contributed by atoms with van der Waals surface area (Å²) in [5.41, 5.74) is 0.827. The van der Waals surface area contributed by atoms with E-state index in [9.17, 15) is 19.5 Å². The minimum absolute atomic E-state index is 0.107. The summed E-state index contributed by atoms with van der Waals surface area (Å²) < 4.78 is 5.24. The number of carboxylic acid groups (broad SMARTS) is 1. The Hall–Kier alpha value is -2.81. The Labute approximate surface area is 164 Å². The Morgan fingerprint density at radius 1 is 1.11 bits per heavy atom. The zero-order valence-corrected chi connectivity index (χ0v) is 16.3. The smallest absolute Gasteiger partial charge is 0.326 e. The van der Waals surface area contributed by atoms with Crippen LogP contribution in [0.1, 0.15) is 5.56 Å². The van der Waals surface area contributed by atoms with Crippen LogP contribution in [0.3, 0.4) is 0 Å². The molecular weight excluding hydrogens is 364 g/mol. The van der Waals surface area contributed by atoms with E-state index in [2.05, 4.69) is 5.32 Å². The Morgan fingerprint density at radius 3 is 2.32 bits per heavy atom. The van der Waals surface area contributed by atoms with Crippen molar-refractivity contribution in [3.63, 3.8) is 0 Å². The standard InChI is InChI=1S/C19H28N4O5/c1-21(8-9-22(2)19(27)23-10-12-28-13-11-23)18(26)20-16(17(24)25)14-15-6-4-3-5-7-15/h3-7,16H,8-14H2,1-2H3,(H,20,26)(H,24,25)/t16-/m0/s1. The second kappa shape index (κ2) is 10.5. The van der Waals surface area contributed by atoms with Crippen molar-refractivity contribution in [2.24, 2.45) is 0 Å². The van der Waals surface area contributed by atoms with Crippen LogP contribution in [0.4, 0.5) is 9.59 Å². The summed E-state index contributed by atoms with van der Waals surface area (Å²) in [6, 6.07) is 7.51. The Morgan fingerprint density at radius 2 is 1.71 bits per heavy atom. The predicted molar refractivity (Wildman–Crippen MR) is 103 cm³/mol. The highest BCUT2D eigenvalue weighted by molar-refractivity contribution is 5.82. The van der Waals surface area contributed by atoms with Crippen molar-refractivity contribution >= 4 is 18.0 Å². The number of urea groups is 2. The third-order valence-electron chi connectivity index (χ3n) is 4.60. The molecular formula is C19H28N4O5. The number of ether oxygens (including phenoxy) is 1. The highest BCUT2D eigenvalue weighted by atomic mass is 16.5. The third kappa shape index (κ3) is 6.41. The van der Waals surface area contributed by atoms with Crippen LogP contribution in [0.5, 0.6) is 0 Å². The first kappa shape index (κ1) is 21.5. The highest BCUT2D eigenvalue weighted by Gasteiger charge is 2.24. The van der Waals surface area contributed by atoms with E-state index in [0.717, 1.165) is 5.56 Å². The number of rotatable bonds is 7. The van der Waals surface area contributed by atoms with Gasteiger partial charge in [0.05, 0.1) is 13.2 Å². The molecule has 0 saturated carbocycles. The number of carbonyl (C=O) groups excluding carboxylic acids is 2. The lowest BCUT2D eigenvalue weighted by Gasteiger charge is -2.31. The minimum atomic E-state index is -1.09. The van der Waals surface area contributed by atoms with Crippen LogP contribution in [0.15, 0.2) is 30.3 Å². The van der Waals surface area contributed by atoms with E-state index < -0.39 is 18.0 Å². The summed E-state index contributed by atoms with van der Waals surface area (Å²) in [7, 11) is 3.25. The third-order valence-corrected chi connectivity index (χ3v) is 4.60. The molecule has 0 radical (unpaired) electrons. The monoisotopic (exact) mass is 392 g/mol. The fraction of sp³-hybridized carbons (Fsp3) is 0.526. The summed E-state index contributed by atoms with van der Waals surface area (Å²) in [5.74, 6) is -1.09. The van der Waals surface area contributed by atoms with Gasteiger partial charge in [0.2, 0.25) is 0 Å². The van der Waals surface area contributed by atoms with Gasteiger partial charge < -0.3 is 29.9 Å². The molecule has 2 N–H and O–H groups in total. The quantitative estimate of drug-likeness (QED) is 0.711. The number of hydrogen-bond donors (Lipinski definition) is 2. The Bertz CT molecular complexity index is 664. The molecule has 1 atom stereocenters. The molecule has 1 fully saturated rings. The van der Waals surface area contributed by atoms with Gasteiger partial charge in [-0.25, -0.2) is 14.4 Å². The Balaban J connectivity index is 1.81. The van der Waals surface area contributed by atoms with Crippen LogP contribution in [-0.4, -0.2) is 97.4 Å². The lowest BCUT2D eigenvalue weighted by molar-refractivity contribution is -0.139. The second-order valence-electron chi connectivity index (χ2n) is 6.76. The normalized spacial score (nSPS) is 14.9. The molecule has 1 saturated heterocycles. The SMILES string of the molecule is CN(CCN(C)C(=O)N1CCOCC1)C(=O)N[C@@H](Cc1ccccc1)C(=O)O. The number of nitrogens with zero attached hydrogens (tertiary/aromatic N) is 3. The van der Waals surface area contributed by atoms with Crippen LogP contribution in [0.2, 0.25) is 0 Å². The molecule has 0 spiro atoms. The van der Waals surface area contributed by atoms with Crippen molar-refractivity contribution in [2.45, 2.75) is 12.5 Å². The van der Waals surface area contributed by atoms with E-state index >= 15 is 0 Å². The number of nitrogens with one attached hydrogen (secondary N) is 1. The molecule has 1 aliphatic rings. The predicted octanol–water partition coefficient (Wildman–Crippen LogP) is 0.708. The lowest BCUT2D eigenvalue weighted by Crippen LogP contribution is -2.51. The maximum absolute atomic E-state index is 12.4. The summed E-state index contributed by atoms with van der Waals surface area (Å²) in [6.45, 7) is 2.80. The molecule has 2 rings (SSSR count). The van der Waals surface area contributed by atoms with Gasteiger partial charge in [-0.3, -0.25) is 0 Å². The maximum atomic E-state index is 12.4. The van der Waals surface area contributed by atoms with E-state index in [4.69, 9.17) is 4.74 Å². The van der Waals surface area contributed by atoms with Gasteiger partial charge in [-0.05, 0) is 5.56 Å². The van der Waals surface area contributed by atoms with Gasteiger partial charge in [-0.15, -0.1) is 0 Å². The van der Waals surface area contributed by atoms with Gasteiger partial charge in [0, 0.05) is 46.7 Å². The molecule has 0 bridgehead atoms. The summed E-state index contributed by atoms with van der Waals surface area (Å²) in [6.07, 6.45) is 0.200. The van der Waals surface area contributed by atoms with Crippen molar-refractivity contribution < 1.29 is 24.2 Å². The number of aliphatic carboxylic acids is 1. The van der Waals surface area contributed by atoms with Gasteiger partial charge in [-0.1, -0.05) is 30.3 Å². The van der Waals surface area contributed by atoms with E-state index in [1.165, 1.54) is 4.90 Å². The van der Waals surface area contributed by atoms with E-state index in [0.29, 0.717) is 32.8 Å². The van der Waals surface area contributed by atoms with Crippen molar-refractivity contribution in [1.82, 2.24) is 20.0 Å². The summed E-state index contributed by atoms with van der Waals surface area (Å²) >= 11 is 0. The van der Waals surface area contributed by atoms with Crippen LogP contribution < -0.4 is 5.32 Å². The molecule has 0 aliphatic carbocycles. The van der Waals surface area contributed by atoms with Crippen LogP contribution in [-0.2, 0) is 16.0 Å². The number of carboxylic acids is 1. The topological polar surface area (TPSA) is 102 Å². The molecule has 1 aromatic rings. The first-order valence-electron chi connectivity index (χ1n) is 9.24. The number of morpholine rings is 1. The van der Waals surface area contributed by atoms with Crippen LogP contribution in [0, 0.1) is 0 Å². The molecule has 4 amide bonds. The van der Waals surface area contributed by atoms with Crippen molar-refractivity contribution in [1.29, 1.82) is 0 Å². The fourth-order valence-electron chi connectivity index (χ4n) is 2.80. The van der Waals surface area contributed by atoms with Gasteiger partial charge in [0.1, 0.15) is 6.04 Å². The summed E-state index contributed by atoms with van der Waals surface area (Å²) in [4.78, 5) is 40.8. The van der Waals surface area contributed by atoms with Crippen molar-refractivity contribution in [3.05, 3.63) is 35.9 Å².